The molecule has 3 heteroatoms. The molecule has 0 aromatic carbocycles. The lowest BCUT2D eigenvalue weighted by Crippen LogP contribution is -1.80. The third-order valence-corrected chi connectivity index (χ3v) is 2.50. The van der Waals surface area contributed by atoms with Crippen LogP contribution >= 0.6 is 0 Å². The van der Waals surface area contributed by atoms with Gasteiger partial charge in [0.05, 0.1) is 0 Å². The number of rotatable bonds is 4. The number of hydrogen-bond donors (Lipinski definition) is 1. The summed E-state index contributed by atoms with van der Waals surface area (Å²) in [5.41, 5.74) is 1.92. The van der Waals surface area contributed by atoms with Crippen molar-refractivity contribution in [2.24, 2.45) is 0 Å². The lowest BCUT2D eigenvalue weighted by atomic mass is 10.1. The highest BCUT2D eigenvalue weighted by Gasteiger charge is 1.96. The molecule has 0 bridgehead atoms. The maximum absolute atomic E-state index is 8.54. The fraction of sp³-hybridized carbons (Fsp3) is 0.333. The lowest BCUT2D eigenvalue weighted by Gasteiger charge is -1.93. The van der Waals surface area contributed by atoms with E-state index in [0.29, 0.717) is 5.69 Å². The Hall–Kier alpha value is -2.08. The van der Waals surface area contributed by atoms with Crippen molar-refractivity contribution < 1.29 is 0 Å². The molecule has 2 heterocycles. The van der Waals surface area contributed by atoms with Crippen LogP contribution in [0.3, 0.4) is 0 Å². The number of aryl methyl sites for hydroxylation is 1. The number of nitrogens with zero attached hydrogens (tertiary/aromatic N) is 2. The first-order chi connectivity index (χ1) is 8.86. The van der Waals surface area contributed by atoms with Crippen LogP contribution in [0.5, 0.6) is 0 Å². The highest BCUT2D eigenvalue weighted by molar-refractivity contribution is 5.26. The number of hydrogen-bond acceptors (Lipinski definition) is 2. The zero-order valence-electron chi connectivity index (χ0n) is 10.8. The first kappa shape index (κ1) is 14.0. The van der Waals surface area contributed by atoms with Crippen LogP contribution in [0.1, 0.15) is 37.4 Å². The van der Waals surface area contributed by atoms with E-state index in [2.05, 4.69) is 23.0 Å². The van der Waals surface area contributed by atoms with Crippen molar-refractivity contribution >= 4 is 0 Å². The molecule has 2 aromatic rings. The van der Waals surface area contributed by atoms with Gasteiger partial charge in [-0.25, -0.2) is 0 Å². The molecule has 18 heavy (non-hydrogen) atoms. The first-order valence-electron chi connectivity index (χ1n) is 6.29. The summed E-state index contributed by atoms with van der Waals surface area (Å²) >= 11 is 0. The van der Waals surface area contributed by atoms with Crippen LogP contribution in [0.25, 0.3) is 0 Å². The Labute approximate surface area is 109 Å². The van der Waals surface area contributed by atoms with Crippen molar-refractivity contribution in [1.29, 1.82) is 5.26 Å². The minimum Gasteiger partial charge on any atom is -0.353 e. The Morgan fingerprint density at radius 2 is 2.00 bits per heavy atom. The molecular formula is C15H19N3. The van der Waals surface area contributed by atoms with Crippen LogP contribution < -0.4 is 0 Å². The van der Waals surface area contributed by atoms with Gasteiger partial charge in [0.25, 0.3) is 0 Å². The van der Waals surface area contributed by atoms with Gasteiger partial charge in [0.1, 0.15) is 11.8 Å². The Balaban J connectivity index is 0.000000225. The monoisotopic (exact) mass is 241 g/mol. The average molecular weight is 241 g/mol. The third-order valence-electron chi connectivity index (χ3n) is 2.50. The van der Waals surface area contributed by atoms with Gasteiger partial charge in [-0.05, 0) is 36.6 Å². The zero-order valence-corrected chi connectivity index (χ0v) is 10.8. The molecule has 2 rings (SSSR count). The van der Waals surface area contributed by atoms with E-state index in [-0.39, 0.29) is 0 Å². The summed E-state index contributed by atoms with van der Waals surface area (Å²) in [7, 11) is 0. The normalized spacial score (nSPS) is 9.11. The van der Waals surface area contributed by atoms with E-state index in [4.69, 9.17) is 5.26 Å². The van der Waals surface area contributed by atoms with E-state index in [0.717, 1.165) is 6.42 Å². The van der Waals surface area contributed by atoms with Crippen molar-refractivity contribution in [3.05, 3.63) is 54.1 Å². The van der Waals surface area contributed by atoms with Gasteiger partial charge in [-0.2, -0.15) is 5.26 Å². The maximum atomic E-state index is 8.54. The number of H-pyrrole nitrogens is 1. The average Bonchev–Trinajstić information content (AvgIpc) is 2.90. The number of aromatic amines is 1. The summed E-state index contributed by atoms with van der Waals surface area (Å²) < 4.78 is 0. The van der Waals surface area contributed by atoms with E-state index >= 15 is 0 Å². The van der Waals surface area contributed by atoms with Crippen LogP contribution in [0, 0.1) is 11.3 Å². The van der Waals surface area contributed by atoms with E-state index in [1.807, 2.05) is 30.5 Å². The minimum absolute atomic E-state index is 0.668. The quantitative estimate of drug-likeness (QED) is 0.830. The Morgan fingerprint density at radius 1 is 1.22 bits per heavy atom. The predicted octanol–water partition coefficient (Wildman–Crippen LogP) is 3.70. The van der Waals surface area contributed by atoms with Gasteiger partial charge in [0, 0.05) is 18.6 Å². The van der Waals surface area contributed by atoms with Crippen molar-refractivity contribution in [3.63, 3.8) is 0 Å². The molecule has 0 aliphatic carbocycles. The molecule has 2 aromatic heterocycles. The second-order valence-electron chi connectivity index (χ2n) is 4.02. The van der Waals surface area contributed by atoms with Crippen molar-refractivity contribution in [2.45, 2.75) is 32.6 Å². The number of nitriles is 1. The molecular weight excluding hydrogens is 222 g/mol. The molecule has 0 radical (unpaired) electrons. The van der Waals surface area contributed by atoms with Crippen LogP contribution in [0.15, 0.2) is 42.9 Å². The lowest BCUT2D eigenvalue weighted by molar-refractivity contribution is 0.718. The summed E-state index contributed by atoms with van der Waals surface area (Å²) in [6, 6.07) is 9.72. The molecule has 0 aliphatic rings. The molecule has 0 amide bonds. The largest absolute Gasteiger partial charge is 0.353 e. The van der Waals surface area contributed by atoms with Crippen molar-refractivity contribution in [2.75, 3.05) is 0 Å². The van der Waals surface area contributed by atoms with Crippen LogP contribution in [-0.4, -0.2) is 9.97 Å². The standard InChI is InChI=1S/C10H14N2.C5H5N/c1-2-3-4-5-9-6-10(7-11)12-8-9;1-2-4-6-5-3-1/h6,8,12H,2-5H2,1H3;1-5H. The zero-order chi connectivity index (χ0) is 13.1. The molecule has 0 atom stereocenters. The van der Waals surface area contributed by atoms with Crippen molar-refractivity contribution in [3.8, 4) is 6.07 Å². The van der Waals surface area contributed by atoms with Gasteiger partial charge in [0.15, 0.2) is 0 Å². The van der Waals surface area contributed by atoms with E-state index in [1.165, 1.54) is 24.8 Å². The summed E-state index contributed by atoms with van der Waals surface area (Å²) in [5.74, 6) is 0. The first-order valence-corrected chi connectivity index (χ1v) is 6.29. The Bertz CT molecular complexity index is 427. The van der Waals surface area contributed by atoms with Crippen LogP contribution in [0.4, 0.5) is 0 Å². The van der Waals surface area contributed by atoms with E-state index < -0.39 is 0 Å². The molecule has 3 nitrogen and oxygen atoms in total. The second-order valence-corrected chi connectivity index (χ2v) is 4.02. The minimum atomic E-state index is 0.668. The fourth-order valence-corrected chi connectivity index (χ4v) is 1.54. The van der Waals surface area contributed by atoms with Gasteiger partial charge in [0.2, 0.25) is 0 Å². The number of nitrogens with one attached hydrogen (secondary N) is 1. The Morgan fingerprint density at radius 3 is 2.44 bits per heavy atom. The number of aromatic nitrogens is 2. The molecule has 0 saturated heterocycles. The van der Waals surface area contributed by atoms with Gasteiger partial charge in [-0.15, -0.1) is 0 Å². The number of pyridine rings is 1. The topological polar surface area (TPSA) is 52.5 Å². The SMILES string of the molecule is CCCCCc1c[nH]c(C#N)c1.c1ccncc1. The van der Waals surface area contributed by atoms with E-state index in [9.17, 15) is 0 Å². The van der Waals surface area contributed by atoms with E-state index in [1.54, 1.807) is 12.4 Å². The molecule has 94 valence electrons. The maximum Gasteiger partial charge on any atom is 0.117 e. The van der Waals surface area contributed by atoms with Crippen molar-refractivity contribution in [1.82, 2.24) is 9.97 Å². The molecule has 0 saturated carbocycles. The van der Waals surface area contributed by atoms with Gasteiger partial charge >= 0.3 is 0 Å². The Kier molecular flexibility index (Phi) is 6.99. The highest BCUT2D eigenvalue weighted by atomic mass is 14.7. The molecule has 0 fully saturated rings. The fourth-order valence-electron chi connectivity index (χ4n) is 1.54. The van der Waals surface area contributed by atoms with Gasteiger partial charge in [-0.1, -0.05) is 25.8 Å². The van der Waals surface area contributed by atoms with Gasteiger partial charge in [-0.3, -0.25) is 4.98 Å². The smallest absolute Gasteiger partial charge is 0.117 e. The summed E-state index contributed by atoms with van der Waals surface area (Å²) in [6.07, 6.45) is 10.3. The summed E-state index contributed by atoms with van der Waals surface area (Å²) in [5, 5.41) is 8.54. The molecule has 1 N–H and O–H groups in total. The summed E-state index contributed by atoms with van der Waals surface area (Å²) in [4.78, 5) is 6.71. The summed E-state index contributed by atoms with van der Waals surface area (Å²) in [6.45, 7) is 2.19. The second kappa shape index (κ2) is 9.00. The predicted molar refractivity (Wildman–Crippen MR) is 73.0 cm³/mol. The number of unbranched alkanes of at least 4 members (excludes halogenated alkanes) is 2. The van der Waals surface area contributed by atoms with Crippen LogP contribution in [-0.2, 0) is 6.42 Å². The molecule has 0 spiro atoms. The molecule has 0 unspecified atom stereocenters. The molecule has 0 aliphatic heterocycles. The highest BCUT2D eigenvalue weighted by Crippen LogP contribution is 2.07. The third kappa shape index (κ3) is 5.86. The van der Waals surface area contributed by atoms with Crippen LogP contribution in [0.2, 0.25) is 0 Å². The van der Waals surface area contributed by atoms with Gasteiger partial charge < -0.3 is 4.98 Å².